The lowest BCUT2D eigenvalue weighted by Crippen LogP contribution is -2.14. The van der Waals surface area contributed by atoms with Gasteiger partial charge in [-0.3, -0.25) is 0 Å². The van der Waals surface area contributed by atoms with Gasteiger partial charge in [0.15, 0.2) is 17.5 Å². The zero-order chi connectivity index (χ0) is 43.7. The highest BCUT2D eigenvalue weighted by Crippen LogP contribution is 2.52. The Morgan fingerprint density at radius 1 is 0.364 bits per heavy atom. The number of fused-ring (bicyclic) bond motifs is 12. The summed E-state index contributed by atoms with van der Waals surface area (Å²) < 4.78 is 15.4. The average molecular weight is 864 g/mol. The molecule has 4 aromatic heterocycles. The third-order valence-electron chi connectivity index (χ3n) is 13.8. The summed E-state index contributed by atoms with van der Waals surface area (Å²) in [5.41, 5.74) is 16.0. The van der Waals surface area contributed by atoms with Crippen molar-refractivity contribution in [2.75, 3.05) is 0 Å². The first-order valence-corrected chi connectivity index (χ1v) is 23.2. The van der Waals surface area contributed by atoms with E-state index in [-0.39, 0.29) is 5.41 Å². The standard InChI is InChI=1S/C60H37N3O2S/c1-60(2)45-20-6-3-13-38(45)53-37(16-9-21-46(53)60)35-29-27-34(28-30-35)36-31-32-48-44(33-36)55-42(18-11-24-50(55)65-48)58-61-57(41-17-10-23-49-54(41)39-14-4-7-22-47(39)64-49)62-59(63-58)43-19-12-26-52-56(43)40-15-5-8-25-51(40)66-52/h3-33H,1-2H3. The maximum atomic E-state index is 6.61. The van der Waals surface area contributed by atoms with Crippen LogP contribution in [-0.4, -0.2) is 15.0 Å². The predicted octanol–water partition coefficient (Wildman–Crippen LogP) is 16.7. The number of hydrogen-bond acceptors (Lipinski definition) is 6. The van der Waals surface area contributed by atoms with Gasteiger partial charge in [0.2, 0.25) is 0 Å². The molecule has 0 radical (unpaired) electrons. The van der Waals surface area contributed by atoms with Gasteiger partial charge < -0.3 is 8.83 Å². The lowest BCUT2D eigenvalue weighted by atomic mass is 9.82. The summed E-state index contributed by atoms with van der Waals surface area (Å²) in [6.45, 7) is 4.67. The molecule has 4 heterocycles. The second-order valence-corrected chi connectivity index (χ2v) is 18.9. The molecular weight excluding hydrogens is 827 g/mol. The SMILES string of the molecule is CC1(C)c2ccccc2-c2c(-c3ccc(-c4ccc5oc6cccc(-c7nc(-c8cccc9oc%10ccccc%10c89)nc(-c8cccc9sc%10ccccc%10c89)n7)c6c5c4)cc3)cccc21. The first kappa shape index (κ1) is 37.2. The van der Waals surface area contributed by atoms with Crippen molar-refractivity contribution in [1.82, 2.24) is 15.0 Å². The lowest BCUT2D eigenvalue weighted by molar-refractivity contribution is 0.660. The number of furan rings is 2. The molecule has 1 aliphatic carbocycles. The van der Waals surface area contributed by atoms with Gasteiger partial charge in [-0.2, -0.15) is 0 Å². The number of thiophene rings is 1. The smallest absolute Gasteiger partial charge is 0.164 e. The van der Waals surface area contributed by atoms with Crippen LogP contribution < -0.4 is 0 Å². The number of hydrogen-bond donors (Lipinski definition) is 0. The molecule has 9 aromatic carbocycles. The molecule has 0 amide bonds. The van der Waals surface area contributed by atoms with Crippen molar-refractivity contribution in [3.8, 4) is 67.5 Å². The highest BCUT2D eigenvalue weighted by molar-refractivity contribution is 7.25. The van der Waals surface area contributed by atoms with E-state index >= 15 is 0 Å². The summed E-state index contributed by atoms with van der Waals surface area (Å²) in [6, 6.07) is 66.5. The van der Waals surface area contributed by atoms with E-state index in [0.29, 0.717) is 17.5 Å². The van der Waals surface area contributed by atoms with E-state index in [9.17, 15) is 0 Å². The molecule has 0 atom stereocenters. The molecule has 14 rings (SSSR count). The predicted molar refractivity (Wildman–Crippen MR) is 272 cm³/mol. The minimum atomic E-state index is -0.0519. The number of nitrogens with zero attached hydrogens (tertiary/aromatic N) is 3. The topological polar surface area (TPSA) is 65.0 Å². The third-order valence-corrected chi connectivity index (χ3v) is 14.9. The van der Waals surface area contributed by atoms with Crippen LogP contribution in [0.4, 0.5) is 0 Å². The van der Waals surface area contributed by atoms with Crippen LogP contribution in [0.5, 0.6) is 0 Å². The van der Waals surface area contributed by atoms with Gasteiger partial charge in [-0.05, 0) is 87.0 Å². The Morgan fingerprint density at radius 2 is 0.864 bits per heavy atom. The van der Waals surface area contributed by atoms with Crippen molar-refractivity contribution in [2.24, 2.45) is 0 Å². The van der Waals surface area contributed by atoms with Crippen molar-refractivity contribution in [2.45, 2.75) is 19.3 Å². The molecule has 66 heavy (non-hydrogen) atoms. The summed E-state index contributed by atoms with van der Waals surface area (Å²) in [4.78, 5) is 16.1. The van der Waals surface area contributed by atoms with Crippen molar-refractivity contribution in [3.05, 3.63) is 199 Å². The molecule has 0 aliphatic heterocycles. The van der Waals surface area contributed by atoms with E-state index in [4.69, 9.17) is 23.8 Å². The molecule has 0 spiro atoms. The summed E-state index contributed by atoms with van der Waals surface area (Å²) >= 11 is 1.79. The largest absolute Gasteiger partial charge is 0.456 e. The molecule has 0 unspecified atom stereocenters. The second-order valence-electron chi connectivity index (χ2n) is 17.8. The summed E-state index contributed by atoms with van der Waals surface area (Å²) in [6.07, 6.45) is 0. The normalized spacial score (nSPS) is 13.1. The van der Waals surface area contributed by atoms with E-state index in [1.54, 1.807) is 11.3 Å². The monoisotopic (exact) mass is 863 g/mol. The Balaban J connectivity index is 0.944. The van der Waals surface area contributed by atoms with Crippen LogP contribution in [0.25, 0.3) is 132 Å². The third kappa shape index (κ3) is 5.42. The van der Waals surface area contributed by atoms with Crippen LogP contribution in [0.2, 0.25) is 0 Å². The maximum absolute atomic E-state index is 6.61. The summed E-state index contributed by atoms with van der Waals surface area (Å²) in [7, 11) is 0. The minimum absolute atomic E-state index is 0.0519. The van der Waals surface area contributed by atoms with E-state index < -0.39 is 0 Å². The van der Waals surface area contributed by atoms with Gasteiger partial charge in [-0.1, -0.05) is 159 Å². The molecule has 0 fully saturated rings. The van der Waals surface area contributed by atoms with Crippen LogP contribution in [0, 0.1) is 0 Å². The summed E-state index contributed by atoms with van der Waals surface area (Å²) in [5, 5.41) is 6.28. The molecule has 5 nitrogen and oxygen atoms in total. The van der Waals surface area contributed by atoms with Crippen LogP contribution in [0.1, 0.15) is 25.0 Å². The van der Waals surface area contributed by atoms with E-state index in [1.807, 2.05) is 42.5 Å². The number of para-hydroxylation sites is 1. The molecule has 310 valence electrons. The van der Waals surface area contributed by atoms with E-state index in [1.165, 1.54) is 48.2 Å². The fourth-order valence-electron chi connectivity index (χ4n) is 10.7. The van der Waals surface area contributed by atoms with Gasteiger partial charge in [-0.25, -0.2) is 15.0 Å². The van der Waals surface area contributed by atoms with Crippen molar-refractivity contribution >= 4 is 75.4 Å². The van der Waals surface area contributed by atoms with Gasteiger partial charge in [0.05, 0.1) is 0 Å². The Kier molecular flexibility index (Phi) is 7.84. The highest BCUT2D eigenvalue weighted by Gasteiger charge is 2.36. The Morgan fingerprint density at radius 3 is 1.62 bits per heavy atom. The van der Waals surface area contributed by atoms with Gasteiger partial charge in [0, 0.05) is 63.8 Å². The van der Waals surface area contributed by atoms with Gasteiger partial charge in [0.1, 0.15) is 22.3 Å². The molecule has 0 N–H and O–H groups in total. The van der Waals surface area contributed by atoms with Gasteiger partial charge >= 0.3 is 0 Å². The van der Waals surface area contributed by atoms with Crippen LogP contribution in [0.3, 0.4) is 0 Å². The fraction of sp³-hybridized carbons (Fsp3) is 0.0500. The van der Waals surface area contributed by atoms with Crippen molar-refractivity contribution in [1.29, 1.82) is 0 Å². The first-order chi connectivity index (χ1) is 32.5. The fourth-order valence-corrected chi connectivity index (χ4v) is 11.8. The van der Waals surface area contributed by atoms with Crippen LogP contribution in [0.15, 0.2) is 197 Å². The minimum Gasteiger partial charge on any atom is -0.456 e. The van der Waals surface area contributed by atoms with Crippen LogP contribution >= 0.6 is 11.3 Å². The number of aromatic nitrogens is 3. The average Bonchev–Trinajstić information content (AvgIpc) is 4.12. The first-order valence-electron chi connectivity index (χ1n) is 22.3. The van der Waals surface area contributed by atoms with Crippen molar-refractivity contribution in [3.63, 3.8) is 0 Å². The van der Waals surface area contributed by atoms with Crippen LogP contribution in [-0.2, 0) is 5.41 Å². The molecule has 0 saturated heterocycles. The molecule has 0 saturated carbocycles. The number of rotatable bonds is 5. The van der Waals surface area contributed by atoms with E-state index in [0.717, 1.165) is 77.1 Å². The van der Waals surface area contributed by atoms with Crippen molar-refractivity contribution < 1.29 is 8.83 Å². The summed E-state index contributed by atoms with van der Waals surface area (Å²) in [5.74, 6) is 1.75. The van der Waals surface area contributed by atoms with Gasteiger partial charge in [0.25, 0.3) is 0 Å². The molecule has 0 bridgehead atoms. The molecule has 6 heteroatoms. The molecular formula is C60H37N3O2S. The Labute approximate surface area is 383 Å². The second kappa shape index (κ2) is 13.9. The Bertz CT molecular complexity index is 4020. The maximum Gasteiger partial charge on any atom is 0.164 e. The number of benzene rings is 9. The van der Waals surface area contributed by atoms with E-state index in [2.05, 4.69) is 159 Å². The quantitative estimate of drug-likeness (QED) is 0.172. The van der Waals surface area contributed by atoms with Gasteiger partial charge in [-0.15, -0.1) is 11.3 Å². The zero-order valence-electron chi connectivity index (χ0n) is 36.0. The molecule has 1 aliphatic rings. The zero-order valence-corrected chi connectivity index (χ0v) is 36.8. The highest BCUT2D eigenvalue weighted by atomic mass is 32.1. The Hall–Kier alpha value is -8.19. The molecule has 13 aromatic rings. The lowest BCUT2D eigenvalue weighted by Gasteiger charge is -2.21.